The van der Waals surface area contributed by atoms with Gasteiger partial charge in [0.25, 0.3) is 6.43 Å². The number of nitrogens with one attached hydrogen (secondary N) is 1. The van der Waals surface area contributed by atoms with Gasteiger partial charge in [0.05, 0.1) is 5.56 Å². The number of hydrogen-bond donors (Lipinski definition) is 1. The van der Waals surface area contributed by atoms with Gasteiger partial charge in [0.15, 0.2) is 6.20 Å². The lowest BCUT2D eigenvalue weighted by atomic mass is 10.0. The predicted octanol–water partition coefficient (Wildman–Crippen LogP) is 5.88. The highest BCUT2D eigenvalue weighted by molar-refractivity contribution is 5.49. The van der Waals surface area contributed by atoms with Crippen LogP contribution in [0.25, 0.3) is 0 Å². The van der Waals surface area contributed by atoms with Crippen molar-refractivity contribution < 1.29 is 40.5 Å². The maximum atomic E-state index is 14.9. The van der Waals surface area contributed by atoms with E-state index in [0.717, 1.165) is 36.7 Å². The molecule has 0 saturated carbocycles. The first-order chi connectivity index (χ1) is 15.0. The van der Waals surface area contributed by atoms with E-state index in [-0.39, 0.29) is 22.7 Å². The molecule has 1 N–H and O–H groups in total. The Morgan fingerprint density at radius 3 is 2.25 bits per heavy atom. The lowest BCUT2D eigenvalue weighted by molar-refractivity contribution is -0.604. The van der Waals surface area contributed by atoms with Crippen LogP contribution in [0.15, 0.2) is 60.9 Å². The zero-order chi connectivity index (χ0) is 23.5. The van der Waals surface area contributed by atoms with Crippen LogP contribution < -0.4 is 19.5 Å². The van der Waals surface area contributed by atoms with Crippen LogP contribution in [0.3, 0.4) is 0 Å². The lowest BCUT2D eigenvalue weighted by Gasteiger charge is -2.23. The van der Waals surface area contributed by atoms with Crippen LogP contribution in [0.4, 0.5) is 32.0 Å². The molecule has 0 aliphatic heterocycles. The van der Waals surface area contributed by atoms with Gasteiger partial charge in [-0.05, 0) is 48.9 Å². The number of ether oxygens (including phenoxy) is 2. The molecule has 0 aliphatic carbocycles. The van der Waals surface area contributed by atoms with Crippen LogP contribution in [-0.2, 0) is 0 Å². The SMILES string of the molecule is Cc1ccc(Oc2ccc(OC(F)(F)F)cc2)c(C(Nc2ccc[n+]([O-])c2)C(F)F)c1F. The average molecular weight is 458 g/mol. The highest BCUT2D eigenvalue weighted by Gasteiger charge is 2.32. The normalized spacial score (nSPS) is 12.5. The minimum absolute atomic E-state index is 0.0216. The van der Waals surface area contributed by atoms with Crippen molar-refractivity contribution in [1.29, 1.82) is 0 Å². The summed E-state index contributed by atoms with van der Waals surface area (Å²) in [6.45, 7) is 1.38. The maximum absolute atomic E-state index is 14.9. The van der Waals surface area contributed by atoms with Crippen molar-refractivity contribution in [3.05, 3.63) is 83.1 Å². The van der Waals surface area contributed by atoms with Crippen LogP contribution in [0, 0.1) is 17.9 Å². The molecule has 11 heteroatoms. The highest BCUT2D eigenvalue weighted by atomic mass is 19.4. The van der Waals surface area contributed by atoms with Gasteiger partial charge in [0.2, 0.25) is 6.20 Å². The fourth-order valence-electron chi connectivity index (χ4n) is 2.88. The Bertz CT molecular complexity index is 1070. The van der Waals surface area contributed by atoms with Gasteiger partial charge in [-0.25, -0.2) is 13.2 Å². The van der Waals surface area contributed by atoms with Crippen molar-refractivity contribution in [3.8, 4) is 17.2 Å². The summed E-state index contributed by atoms with van der Waals surface area (Å²) in [5.41, 5.74) is -0.411. The summed E-state index contributed by atoms with van der Waals surface area (Å²) in [5.74, 6) is -1.78. The molecule has 170 valence electrons. The number of alkyl halides is 5. The molecule has 0 aliphatic rings. The molecule has 32 heavy (non-hydrogen) atoms. The van der Waals surface area contributed by atoms with E-state index in [0.29, 0.717) is 4.73 Å². The third kappa shape index (κ3) is 5.74. The summed E-state index contributed by atoms with van der Waals surface area (Å²) < 4.78 is 89.3. The molecule has 0 spiro atoms. The van der Waals surface area contributed by atoms with E-state index in [1.54, 1.807) is 0 Å². The Morgan fingerprint density at radius 1 is 1.00 bits per heavy atom. The Morgan fingerprint density at radius 2 is 1.66 bits per heavy atom. The van der Waals surface area contributed by atoms with Crippen LogP contribution in [0.5, 0.6) is 17.2 Å². The third-order valence-electron chi connectivity index (χ3n) is 4.28. The van der Waals surface area contributed by atoms with Crippen molar-refractivity contribution in [1.82, 2.24) is 0 Å². The van der Waals surface area contributed by atoms with Crippen LogP contribution in [-0.4, -0.2) is 12.8 Å². The molecular weight excluding hydrogens is 442 g/mol. The molecule has 1 unspecified atom stereocenters. The number of anilines is 1. The monoisotopic (exact) mass is 458 g/mol. The molecule has 3 rings (SSSR count). The summed E-state index contributed by atoms with van der Waals surface area (Å²) in [5, 5.41) is 13.9. The average Bonchev–Trinajstić information content (AvgIpc) is 2.70. The third-order valence-corrected chi connectivity index (χ3v) is 4.28. The van der Waals surface area contributed by atoms with Crippen LogP contribution >= 0.6 is 0 Å². The molecule has 1 aromatic heterocycles. The summed E-state index contributed by atoms with van der Waals surface area (Å²) in [7, 11) is 0. The van der Waals surface area contributed by atoms with Crippen molar-refractivity contribution in [2.24, 2.45) is 0 Å². The van der Waals surface area contributed by atoms with Gasteiger partial charge in [-0.1, -0.05) is 6.07 Å². The Balaban J connectivity index is 1.94. The predicted molar refractivity (Wildman–Crippen MR) is 102 cm³/mol. The number of halogens is 6. The largest absolute Gasteiger partial charge is 0.619 e. The van der Waals surface area contributed by atoms with Gasteiger partial charge in [0.1, 0.15) is 34.8 Å². The van der Waals surface area contributed by atoms with Gasteiger partial charge in [-0.2, -0.15) is 4.73 Å². The van der Waals surface area contributed by atoms with E-state index >= 15 is 0 Å². The molecule has 0 radical (unpaired) electrons. The molecule has 0 amide bonds. The first kappa shape index (κ1) is 23.0. The molecule has 0 saturated heterocycles. The molecule has 1 heterocycles. The first-order valence-corrected chi connectivity index (χ1v) is 9.09. The molecule has 2 aromatic carbocycles. The van der Waals surface area contributed by atoms with E-state index in [4.69, 9.17) is 4.74 Å². The van der Waals surface area contributed by atoms with E-state index < -0.39 is 36.0 Å². The van der Waals surface area contributed by atoms with Gasteiger partial charge in [-0.15, -0.1) is 13.2 Å². The molecule has 3 aromatic rings. The molecule has 1 atom stereocenters. The van der Waals surface area contributed by atoms with E-state index in [2.05, 4.69) is 10.1 Å². The molecule has 0 bridgehead atoms. The highest BCUT2D eigenvalue weighted by Crippen LogP contribution is 2.38. The zero-order valence-electron chi connectivity index (χ0n) is 16.4. The minimum Gasteiger partial charge on any atom is -0.619 e. The second-order valence-electron chi connectivity index (χ2n) is 6.64. The fraction of sp³-hybridized carbons (Fsp3) is 0.190. The smallest absolute Gasteiger partial charge is 0.573 e. The van der Waals surface area contributed by atoms with Crippen molar-refractivity contribution in [2.45, 2.75) is 25.8 Å². The quantitative estimate of drug-likeness (QED) is 0.273. The van der Waals surface area contributed by atoms with E-state index in [1.807, 2.05) is 0 Å². The molecule has 0 fully saturated rings. The lowest BCUT2D eigenvalue weighted by Crippen LogP contribution is -2.27. The van der Waals surface area contributed by atoms with Crippen molar-refractivity contribution >= 4 is 5.69 Å². The number of aromatic nitrogens is 1. The zero-order valence-corrected chi connectivity index (χ0v) is 16.4. The van der Waals surface area contributed by atoms with E-state index in [1.165, 1.54) is 31.2 Å². The molecule has 5 nitrogen and oxygen atoms in total. The van der Waals surface area contributed by atoms with Gasteiger partial charge >= 0.3 is 6.36 Å². The number of rotatable bonds is 7. The summed E-state index contributed by atoms with van der Waals surface area (Å²) >= 11 is 0. The summed E-state index contributed by atoms with van der Waals surface area (Å²) in [4.78, 5) is 0. The van der Waals surface area contributed by atoms with Crippen molar-refractivity contribution in [3.63, 3.8) is 0 Å². The standard InChI is InChI=1S/C21H16F6N2O3/c1-12-4-9-16(31-14-5-7-15(8-6-14)32-21(25,26)27)17(18(12)22)19(20(23)24)28-13-3-2-10-29(30)11-13/h2-11,19-20,28H,1H3. The fourth-order valence-corrected chi connectivity index (χ4v) is 2.88. The number of benzene rings is 2. The number of pyridine rings is 1. The molecular formula is C21H16F6N2O3. The van der Waals surface area contributed by atoms with Gasteiger partial charge in [-0.3, -0.25) is 0 Å². The second-order valence-corrected chi connectivity index (χ2v) is 6.64. The van der Waals surface area contributed by atoms with Gasteiger partial charge < -0.3 is 20.0 Å². The van der Waals surface area contributed by atoms with Crippen molar-refractivity contribution in [2.75, 3.05) is 5.32 Å². The van der Waals surface area contributed by atoms with E-state index in [9.17, 15) is 31.5 Å². The van der Waals surface area contributed by atoms with Crippen LogP contribution in [0.2, 0.25) is 0 Å². The Kier molecular flexibility index (Phi) is 6.66. The van der Waals surface area contributed by atoms with Crippen LogP contribution in [0.1, 0.15) is 17.2 Å². The number of aryl methyl sites for hydroxylation is 1. The topological polar surface area (TPSA) is 57.4 Å². The summed E-state index contributed by atoms with van der Waals surface area (Å²) in [6.07, 6.45) is -5.83. The Hall–Kier alpha value is -3.63. The number of nitrogens with zero attached hydrogens (tertiary/aromatic N) is 1. The first-order valence-electron chi connectivity index (χ1n) is 9.09. The second kappa shape index (κ2) is 9.25. The van der Waals surface area contributed by atoms with Gasteiger partial charge in [0, 0.05) is 6.07 Å². The number of hydrogen-bond acceptors (Lipinski definition) is 4. The minimum atomic E-state index is -4.88. The summed E-state index contributed by atoms with van der Waals surface area (Å²) in [6, 6.07) is 7.54. The maximum Gasteiger partial charge on any atom is 0.573 e. The Labute approximate surface area is 178 Å².